The fraction of sp³-hybridized carbons (Fsp3) is 0.333. The Labute approximate surface area is 69.8 Å². The van der Waals surface area contributed by atoms with E-state index in [0.29, 0.717) is 0 Å². The molecule has 0 N–H and O–H groups in total. The van der Waals surface area contributed by atoms with Crippen molar-refractivity contribution in [2.45, 2.75) is 20.3 Å². The van der Waals surface area contributed by atoms with Crippen LogP contribution < -0.4 is 0 Å². The zero-order valence-corrected chi connectivity index (χ0v) is 7.75. The highest BCUT2D eigenvalue weighted by atomic mass is 32.1. The standard InChI is InChI=1S/C7H12S.C2H4/c1-4-6(3)7(8)5-2;1-2/h5,8H,3-4H2,1-2H3;1-2H2/b7-5+;. The molecule has 1 heteroatoms. The van der Waals surface area contributed by atoms with Gasteiger partial charge in [0.1, 0.15) is 0 Å². The molecule has 0 aliphatic carbocycles. The fourth-order valence-electron chi connectivity index (χ4n) is 0.385. The lowest BCUT2D eigenvalue weighted by Gasteiger charge is -1.97. The van der Waals surface area contributed by atoms with E-state index in [4.69, 9.17) is 0 Å². The molecule has 0 heterocycles. The molecule has 58 valence electrons. The summed E-state index contributed by atoms with van der Waals surface area (Å²) in [6.07, 6.45) is 2.94. The van der Waals surface area contributed by atoms with E-state index in [1.165, 1.54) is 0 Å². The number of allylic oxidation sites excluding steroid dienone is 2. The van der Waals surface area contributed by atoms with Gasteiger partial charge in [-0.05, 0) is 18.9 Å². The molecule has 10 heavy (non-hydrogen) atoms. The molecule has 0 radical (unpaired) electrons. The molecule has 0 aliphatic rings. The highest BCUT2D eigenvalue weighted by Gasteiger charge is 1.89. The van der Waals surface area contributed by atoms with Crippen molar-refractivity contribution in [1.82, 2.24) is 0 Å². The van der Waals surface area contributed by atoms with E-state index in [2.05, 4.69) is 39.3 Å². The van der Waals surface area contributed by atoms with Gasteiger partial charge in [0.25, 0.3) is 0 Å². The van der Waals surface area contributed by atoms with Crippen molar-refractivity contribution in [3.05, 3.63) is 36.3 Å². The Kier molecular flexibility index (Phi) is 10.5. The highest BCUT2D eigenvalue weighted by Crippen LogP contribution is 2.13. The molecule has 0 aliphatic heterocycles. The van der Waals surface area contributed by atoms with Crippen LogP contribution in [-0.2, 0) is 0 Å². The topological polar surface area (TPSA) is 0 Å². The molecule has 0 saturated heterocycles. The van der Waals surface area contributed by atoms with Gasteiger partial charge in [-0.25, -0.2) is 0 Å². The lowest BCUT2D eigenvalue weighted by atomic mass is 10.2. The first-order valence-electron chi connectivity index (χ1n) is 3.25. The summed E-state index contributed by atoms with van der Waals surface area (Å²) < 4.78 is 0. The van der Waals surface area contributed by atoms with Gasteiger partial charge in [-0.2, -0.15) is 0 Å². The minimum atomic E-state index is 0.989. The number of rotatable bonds is 2. The van der Waals surface area contributed by atoms with Crippen molar-refractivity contribution in [1.29, 1.82) is 0 Å². The van der Waals surface area contributed by atoms with E-state index in [-0.39, 0.29) is 0 Å². The van der Waals surface area contributed by atoms with Crippen LogP contribution in [0.4, 0.5) is 0 Å². The molecule has 0 atom stereocenters. The van der Waals surface area contributed by atoms with Crippen LogP contribution in [0.25, 0.3) is 0 Å². The molecular formula is C9H16S. The molecule has 0 amide bonds. The SMILES string of the molecule is C=C.C=C(CC)/C(S)=C\C. The summed E-state index contributed by atoms with van der Waals surface area (Å²) in [4.78, 5) is 1.01. The third-order valence-electron chi connectivity index (χ3n) is 1.06. The van der Waals surface area contributed by atoms with Gasteiger partial charge in [0.05, 0.1) is 0 Å². The van der Waals surface area contributed by atoms with Crippen LogP contribution in [0.5, 0.6) is 0 Å². The number of hydrogen-bond acceptors (Lipinski definition) is 1. The summed E-state index contributed by atoms with van der Waals surface area (Å²) in [5.41, 5.74) is 1.11. The second kappa shape index (κ2) is 8.57. The van der Waals surface area contributed by atoms with Gasteiger partial charge in [0, 0.05) is 4.91 Å². The highest BCUT2D eigenvalue weighted by molar-refractivity contribution is 7.84. The molecule has 0 unspecified atom stereocenters. The normalized spacial score (nSPS) is 9.70. The maximum Gasteiger partial charge on any atom is 0.00233 e. The zero-order chi connectivity index (χ0) is 8.57. The summed E-state index contributed by atoms with van der Waals surface area (Å²) in [6.45, 7) is 13.8. The second-order valence-corrected chi connectivity index (χ2v) is 2.11. The van der Waals surface area contributed by atoms with Crippen LogP contribution in [0, 0.1) is 0 Å². The Bertz CT molecular complexity index is 123. The van der Waals surface area contributed by atoms with Crippen molar-refractivity contribution >= 4 is 12.6 Å². The monoisotopic (exact) mass is 156 g/mol. The minimum absolute atomic E-state index is 0.989. The smallest absolute Gasteiger partial charge is 0.00233 e. The third kappa shape index (κ3) is 5.70. The van der Waals surface area contributed by atoms with E-state index >= 15 is 0 Å². The Morgan fingerprint density at radius 1 is 1.50 bits per heavy atom. The summed E-state index contributed by atoms with van der Waals surface area (Å²) in [7, 11) is 0. The molecule has 0 saturated carbocycles. The Balaban J connectivity index is 0. The molecule has 0 aromatic heterocycles. The first-order chi connectivity index (χ1) is 4.72. The Morgan fingerprint density at radius 2 is 1.90 bits per heavy atom. The molecule has 0 spiro atoms. The van der Waals surface area contributed by atoms with Crippen molar-refractivity contribution in [3.8, 4) is 0 Å². The summed E-state index contributed by atoms with van der Waals surface area (Å²) >= 11 is 4.17. The average molecular weight is 156 g/mol. The van der Waals surface area contributed by atoms with Crippen LogP contribution in [0.1, 0.15) is 20.3 Å². The van der Waals surface area contributed by atoms with Gasteiger partial charge in [0.15, 0.2) is 0 Å². The summed E-state index contributed by atoms with van der Waals surface area (Å²) in [6, 6.07) is 0. The predicted molar refractivity (Wildman–Crippen MR) is 53.4 cm³/mol. The average Bonchev–Trinajstić information content (AvgIpc) is 2.05. The summed E-state index contributed by atoms with van der Waals surface area (Å²) in [5.74, 6) is 0. The van der Waals surface area contributed by atoms with E-state index in [9.17, 15) is 0 Å². The molecule has 0 nitrogen and oxygen atoms in total. The van der Waals surface area contributed by atoms with Crippen molar-refractivity contribution in [2.75, 3.05) is 0 Å². The molecule has 0 aromatic carbocycles. The fourth-order valence-corrected chi connectivity index (χ4v) is 0.543. The van der Waals surface area contributed by atoms with E-state index in [1.807, 2.05) is 13.0 Å². The number of thiol groups is 1. The maximum absolute atomic E-state index is 4.17. The van der Waals surface area contributed by atoms with Gasteiger partial charge >= 0.3 is 0 Å². The number of hydrogen-bond donors (Lipinski definition) is 1. The van der Waals surface area contributed by atoms with Gasteiger partial charge in [-0.15, -0.1) is 25.8 Å². The first-order valence-corrected chi connectivity index (χ1v) is 3.70. The quantitative estimate of drug-likeness (QED) is 0.352. The van der Waals surface area contributed by atoms with Crippen LogP contribution in [0.3, 0.4) is 0 Å². The summed E-state index contributed by atoms with van der Waals surface area (Å²) in [5, 5.41) is 0. The van der Waals surface area contributed by atoms with Crippen molar-refractivity contribution < 1.29 is 0 Å². The van der Waals surface area contributed by atoms with Gasteiger partial charge in [-0.3, -0.25) is 0 Å². The largest absolute Gasteiger partial charge is 0.144 e. The third-order valence-corrected chi connectivity index (χ3v) is 1.64. The zero-order valence-electron chi connectivity index (χ0n) is 6.85. The van der Waals surface area contributed by atoms with Crippen molar-refractivity contribution in [2.24, 2.45) is 0 Å². The Morgan fingerprint density at radius 3 is 2.00 bits per heavy atom. The maximum atomic E-state index is 4.17. The lowest BCUT2D eigenvalue weighted by Crippen LogP contribution is -1.74. The molecular weight excluding hydrogens is 140 g/mol. The van der Waals surface area contributed by atoms with Crippen LogP contribution in [0.2, 0.25) is 0 Å². The van der Waals surface area contributed by atoms with Crippen LogP contribution in [-0.4, -0.2) is 0 Å². The van der Waals surface area contributed by atoms with Gasteiger partial charge in [0.2, 0.25) is 0 Å². The van der Waals surface area contributed by atoms with Gasteiger partial charge < -0.3 is 0 Å². The Hall–Kier alpha value is -0.430. The minimum Gasteiger partial charge on any atom is -0.144 e. The van der Waals surface area contributed by atoms with Crippen LogP contribution in [0.15, 0.2) is 36.3 Å². The van der Waals surface area contributed by atoms with Crippen molar-refractivity contribution in [3.63, 3.8) is 0 Å². The van der Waals surface area contributed by atoms with E-state index in [0.717, 1.165) is 16.9 Å². The molecule has 0 rings (SSSR count). The first kappa shape index (κ1) is 12.3. The molecule has 0 fully saturated rings. The van der Waals surface area contributed by atoms with Crippen LogP contribution >= 0.6 is 12.6 Å². The molecule has 0 aromatic rings. The predicted octanol–water partition coefficient (Wildman–Crippen LogP) is 3.59. The molecule has 0 bridgehead atoms. The second-order valence-electron chi connectivity index (χ2n) is 1.63. The lowest BCUT2D eigenvalue weighted by molar-refractivity contribution is 1.15. The van der Waals surface area contributed by atoms with E-state index in [1.54, 1.807) is 0 Å². The van der Waals surface area contributed by atoms with E-state index < -0.39 is 0 Å². The van der Waals surface area contributed by atoms with Gasteiger partial charge in [-0.1, -0.05) is 19.6 Å².